The molecule has 5 rings (SSSR count). The highest BCUT2D eigenvalue weighted by atomic mass is 16.2. The zero-order chi connectivity index (χ0) is 25.6. The molecule has 0 aliphatic carbocycles. The molecule has 0 fully saturated rings. The van der Waals surface area contributed by atoms with Gasteiger partial charge in [0.05, 0.1) is 13.1 Å². The van der Waals surface area contributed by atoms with E-state index in [1.54, 1.807) is 18.2 Å². The Hall–Kier alpha value is -4.86. The molecule has 0 atom stereocenters. The number of aryl methyl sites for hydroxylation is 1. The molecule has 37 heavy (non-hydrogen) atoms. The molecule has 3 aromatic carbocycles. The summed E-state index contributed by atoms with van der Waals surface area (Å²) in [6, 6.07) is 19.8. The lowest BCUT2D eigenvalue weighted by molar-refractivity contribution is 0.102. The summed E-state index contributed by atoms with van der Waals surface area (Å²) < 4.78 is 0. The first-order valence-corrected chi connectivity index (χ1v) is 12.1. The van der Waals surface area contributed by atoms with Gasteiger partial charge in [-0.25, -0.2) is 0 Å². The average Bonchev–Trinajstić information content (AvgIpc) is 3.61. The van der Waals surface area contributed by atoms with Crippen molar-refractivity contribution in [2.45, 2.75) is 6.92 Å². The van der Waals surface area contributed by atoms with Crippen LogP contribution in [0.5, 0.6) is 0 Å². The fourth-order valence-electron chi connectivity index (χ4n) is 3.96. The maximum Gasteiger partial charge on any atom is 0.255 e. The Kier molecular flexibility index (Phi) is 6.98. The van der Waals surface area contributed by atoms with Gasteiger partial charge < -0.3 is 31.9 Å². The van der Waals surface area contributed by atoms with Gasteiger partial charge in [-0.3, -0.25) is 19.6 Å². The minimum Gasteiger partial charge on any atom is -0.354 e. The molecular weight excluding hydrogens is 468 g/mol. The Balaban J connectivity index is 1.21. The van der Waals surface area contributed by atoms with Crippen molar-refractivity contribution in [3.8, 4) is 0 Å². The van der Waals surface area contributed by atoms with Crippen molar-refractivity contribution in [3.63, 3.8) is 0 Å². The van der Waals surface area contributed by atoms with Gasteiger partial charge in [0.25, 0.3) is 11.8 Å². The van der Waals surface area contributed by atoms with E-state index in [0.29, 0.717) is 22.5 Å². The second-order valence-electron chi connectivity index (χ2n) is 8.71. The molecule has 3 aromatic rings. The molecule has 0 spiro atoms. The number of guanidine groups is 2. The molecule has 0 saturated heterocycles. The molecule has 2 aliphatic rings. The minimum absolute atomic E-state index is 0.292. The molecule has 2 amide bonds. The standard InChI is InChI=1S/C27H28N8O2/c1-17-14-18(24(36)32-20-2-6-22(7-3-20)34-26-28-10-11-29-26)16-19(15-17)25(37)33-21-4-8-23(9-5-21)35-27-30-12-13-31-27/h2-9,14-16H,10-13H2,1H3,(H,32,36)(H,33,37)(H2,28,29,34)(H2,30,31,35). The molecule has 0 saturated carbocycles. The third-order valence-electron chi connectivity index (χ3n) is 5.76. The van der Waals surface area contributed by atoms with E-state index < -0.39 is 0 Å². The number of anilines is 4. The van der Waals surface area contributed by atoms with Crippen LogP contribution in [0.25, 0.3) is 0 Å². The summed E-state index contributed by atoms with van der Waals surface area (Å²) in [6.07, 6.45) is 0. The molecule has 2 heterocycles. The van der Waals surface area contributed by atoms with Crippen LogP contribution in [0.3, 0.4) is 0 Å². The monoisotopic (exact) mass is 496 g/mol. The van der Waals surface area contributed by atoms with Gasteiger partial charge in [-0.05, 0) is 79.2 Å². The predicted molar refractivity (Wildman–Crippen MR) is 148 cm³/mol. The van der Waals surface area contributed by atoms with Gasteiger partial charge in [0.15, 0.2) is 11.9 Å². The Morgan fingerprint density at radius 2 is 1.05 bits per heavy atom. The van der Waals surface area contributed by atoms with E-state index in [9.17, 15) is 9.59 Å². The van der Waals surface area contributed by atoms with Gasteiger partial charge in [-0.1, -0.05) is 0 Å². The number of carbonyl (C=O) groups is 2. The lowest BCUT2D eigenvalue weighted by Crippen LogP contribution is -2.26. The van der Waals surface area contributed by atoms with Gasteiger partial charge in [0, 0.05) is 47.0 Å². The number of carbonyl (C=O) groups excluding carboxylic acids is 2. The van der Waals surface area contributed by atoms with Gasteiger partial charge in [-0.15, -0.1) is 0 Å². The van der Waals surface area contributed by atoms with Gasteiger partial charge in [0.2, 0.25) is 0 Å². The number of hydrogen-bond donors (Lipinski definition) is 6. The van der Waals surface area contributed by atoms with Crippen LogP contribution in [0, 0.1) is 6.92 Å². The summed E-state index contributed by atoms with van der Waals surface area (Å²) in [6.45, 7) is 5.01. The molecule has 10 heteroatoms. The molecule has 2 aliphatic heterocycles. The van der Waals surface area contributed by atoms with Crippen LogP contribution in [0.1, 0.15) is 26.3 Å². The van der Waals surface area contributed by atoms with Crippen molar-refractivity contribution in [1.82, 2.24) is 10.6 Å². The first-order valence-electron chi connectivity index (χ1n) is 12.1. The van der Waals surface area contributed by atoms with Crippen LogP contribution in [0.2, 0.25) is 0 Å². The van der Waals surface area contributed by atoms with Gasteiger partial charge in [-0.2, -0.15) is 0 Å². The maximum atomic E-state index is 12.9. The highest BCUT2D eigenvalue weighted by molar-refractivity contribution is 6.09. The number of amides is 2. The molecule has 10 nitrogen and oxygen atoms in total. The van der Waals surface area contributed by atoms with Crippen LogP contribution >= 0.6 is 0 Å². The summed E-state index contributed by atoms with van der Waals surface area (Å²) in [5.74, 6) is 0.899. The highest BCUT2D eigenvalue weighted by Gasteiger charge is 2.14. The van der Waals surface area contributed by atoms with E-state index >= 15 is 0 Å². The smallest absolute Gasteiger partial charge is 0.255 e. The van der Waals surface area contributed by atoms with E-state index in [-0.39, 0.29) is 11.8 Å². The van der Waals surface area contributed by atoms with Crippen molar-refractivity contribution < 1.29 is 9.59 Å². The normalized spacial score (nSPS) is 14.1. The van der Waals surface area contributed by atoms with Crippen LogP contribution in [-0.4, -0.2) is 49.9 Å². The predicted octanol–water partition coefficient (Wildman–Crippen LogP) is 3.24. The number of rotatable bonds is 6. The fourth-order valence-corrected chi connectivity index (χ4v) is 3.96. The van der Waals surface area contributed by atoms with Crippen molar-refractivity contribution >= 4 is 46.5 Å². The number of nitrogens with one attached hydrogen (secondary N) is 6. The van der Waals surface area contributed by atoms with E-state index in [2.05, 4.69) is 41.9 Å². The Morgan fingerprint density at radius 1 is 0.649 bits per heavy atom. The zero-order valence-corrected chi connectivity index (χ0v) is 20.4. The van der Waals surface area contributed by atoms with Gasteiger partial charge in [0.1, 0.15) is 0 Å². The summed E-state index contributed by atoms with van der Waals surface area (Å²) in [7, 11) is 0. The Labute approximate surface area is 214 Å². The van der Waals surface area contributed by atoms with E-state index in [1.165, 1.54) is 0 Å². The average molecular weight is 497 g/mol. The zero-order valence-electron chi connectivity index (χ0n) is 20.4. The lowest BCUT2D eigenvalue weighted by atomic mass is 10.0. The summed E-state index contributed by atoms with van der Waals surface area (Å²) in [5.41, 5.74) is 4.66. The maximum absolute atomic E-state index is 12.9. The molecule has 0 unspecified atom stereocenters. The first-order chi connectivity index (χ1) is 18.0. The third kappa shape index (κ3) is 6.23. The van der Waals surface area contributed by atoms with E-state index in [4.69, 9.17) is 0 Å². The molecule has 6 N–H and O–H groups in total. The summed E-state index contributed by atoms with van der Waals surface area (Å²) >= 11 is 0. The second kappa shape index (κ2) is 10.8. The number of benzene rings is 3. The highest BCUT2D eigenvalue weighted by Crippen LogP contribution is 2.19. The number of nitrogens with zero attached hydrogens (tertiary/aromatic N) is 2. The molecule has 0 aromatic heterocycles. The summed E-state index contributed by atoms with van der Waals surface area (Å²) in [5, 5.41) is 18.5. The number of hydrogen-bond acceptors (Lipinski definition) is 8. The van der Waals surface area contributed by atoms with Crippen LogP contribution in [-0.2, 0) is 0 Å². The second-order valence-corrected chi connectivity index (χ2v) is 8.71. The van der Waals surface area contributed by atoms with Crippen molar-refractivity contribution in [3.05, 3.63) is 83.4 Å². The van der Waals surface area contributed by atoms with Gasteiger partial charge >= 0.3 is 0 Å². The molecular formula is C27H28N8O2. The van der Waals surface area contributed by atoms with Crippen molar-refractivity contribution in [2.75, 3.05) is 47.4 Å². The largest absolute Gasteiger partial charge is 0.354 e. The third-order valence-corrected chi connectivity index (χ3v) is 5.76. The number of aliphatic imine (C=N–C) groups is 2. The lowest BCUT2D eigenvalue weighted by Gasteiger charge is -2.11. The van der Waals surface area contributed by atoms with E-state index in [1.807, 2.05) is 55.5 Å². The van der Waals surface area contributed by atoms with E-state index in [0.717, 1.165) is 55.0 Å². The summed E-state index contributed by atoms with van der Waals surface area (Å²) in [4.78, 5) is 34.5. The minimum atomic E-state index is -0.292. The van der Waals surface area contributed by atoms with Crippen LogP contribution < -0.4 is 31.9 Å². The van der Waals surface area contributed by atoms with Crippen molar-refractivity contribution in [2.24, 2.45) is 9.98 Å². The molecule has 188 valence electrons. The topological polar surface area (TPSA) is 131 Å². The SMILES string of the molecule is Cc1cc(C(=O)Nc2ccc(NC3=NCCN3)cc2)cc(C(=O)Nc2ccc(NC3=NCCN3)cc2)c1. The van der Waals surface area contributed by atoms with Crippen LogP contribution in [0.15, 0.2) is 76.7 Å². The van der Waals surface area contributed by atoms with Crippen molar-refractivity contribution in [1.29, 1.82) is 0 Å². The quantitative estimate of drug-likeness (QED) is 0.311. The molecule has 0 bridgehead atoms. The molecule has 0 radical (unpaired) electrons. The first kappa shape index (κ1) is 23.9. The Morgan fingerprint density at radius 3 is 1.43 bits per heavy atom. The van der Waals surface area contributed by atoms with Crippen LogP contribution in [0.4, 0.5) is 22.7 Å². The Bertz CT molecular complexity index is 1260. The fraction of sp³-hybridized carbons (Fsp3) is 0.185.